The molecule has 1 fully saturated rings. The summed E-state index contributed by atoms with van der Waals surface area (Å²) in [7, 11) is 2.06. The van der Waals surface area contributed by atoms with Crippen molar-refractivity contribution in [2.24, 2.45) is 5.92 Å². The van der Waals surface area contributed by atoms with Gasteiger partial charge in [0.25, 0.3) is 0 Å². The summed E-state index contributed by atoms with van der Waals surface area (Å²) < 4.78 is 5.50. The van der Waals surface area contributed by atoms with Gasteiger partial charge in [-0.1, -0.05) is 18.2 Å². The minimum atomic E-state index is 0.575. The molecular weight excluding hydrogens is 260 g/mol. The second-order valence-corrected chi connectivity index (χ2v) is 6.64. The predicted octanol–water partition coefficient (Wildman–Crippen LogP) is 3.01. The van der Waals surface area contributed by atoms with Crippen LogP contribution < -0.4 is 10.2 Å². The lowest BCUT2D eigenvalue weighted by Gasteiger charge is -2.29. The van der Waals surface area contributed by atoms with Crippen molar-refractivity contribution in [3.05, 3.63) is 29.8 Å². The molecule has 0 bridgehead atoms. The lowest BCUT2D eigenvalue weighted by molar-refractivity contribution is 0.0683. The molecule has 2 unspecified atom stereocenters. The van der Waals surface area contributed by atoms with Crippen LogP contribution in [0.5, 0.6) is 0 Å². The van der Waals surface area contributed by atoms with E-state index in [0.717, 1.165) is 19.1 Å². The van der Waals surface area contributed by atoms with E-state index in [1.54, 1.807) is 5.56 Å². The molecule has 1 aromatic carbocycles. The second kappa shape index (κ2) is 6.80. The first kappa shape index (κ1) is 14.9. The highest BCUT2D eigenvalue weighted by atomic mass is 16.5. The molecule has 21 heavy (non-hydrogen) atoms. The topological polar surface area (TPSA) is 24.5 Å². The Balaban J connectivity index is 1.71. The van der Waals surface area contributed by atoms with Gasteiger partial charge in [-0.15, -0.1) is 0 Å². The summed E-state index contributed by atoms with van der Waals surface area (Å²) in [5.41, 5.74) is 3.02. The van der Waals surface area contributed by atoms with Crippen molar-refractivity contribution in [3.8, 4) is 0 Å². The number of fused-ring (bicyclic) bond motifs is 1. The highest BCUT2D eigenvalue weighted by molar-refractivity contribution is 5.60. The molecule has 1 aromatic rings. The number of para-hydroxylation sites is 1. The van der Waals surface area contributed by atoms with Crippen LogP contribution >= 0.6 is 0 Å². The minimum Gasteiger partial charge on any atom is -0.381 e. The fourth-order valence-corrected chi connectivity index (χ4v) is 3.74. The summed E-state index contributed by atoms with van der Waals surface area (Å²) in [4.78, 5) is 2.62. The third kappa shape index (κ3) is 3.41. The van der Waals surface area contributed by atoms with Gasteiger partial charge in [0.15, 0.2) is 0 Å². The third-order valence-electron chi connectivity index (χ3n) is 5.11. The molecule has 1 N–H and O–H groups in total. The monoisotopic (exact) mass is 288 g/mol. The number of anilines is 1. The van der Waals surface area contributed by atoms with E-state index in [2.05, 4.69) is 48.5 Å². The standard InChI is InChI=1S/C18H28N2O/c1-14(19-2)11-16-13-20(12-15-7-9-21-10-8-15)18-6-4-3-5-17(16)18/h3-6,14-16,19H,7-13H2,1-2H3. The van der Waals surface area contributed by atoms with Gasteiger partial charge in [-0.05, 0) is 50.8 Å². The Morgan fingerprint density at radius 1 is 1.29 bits per heavy atom. The van der Waals surface area contributed by atoms with Crippen molar-refractivity contribution in [2.45, 2.75) is 38.1 Å². The Morgan fingerprint density at radius 2 is 2.05 bits per heavy atom. The lowest BCUT2D eigenvalue weighted by atomic mass is 9.94. The van der Waals surface area contributed by atoms with E-state index >= 15 is 0 Å². The summed E-state index contributed by atoms with van der Waals surface area (Å²) >= 11 is 0. The van der Waals surface area contributed by atoms with Gasteiger partial charge in [-0.2, -0.15) is 0 Å². The molecule has 0 aliphatic carbocycles. The Labute approximate surface area is 128 Å². The van der Waals surface area contributed by atoms with Crippen LogP contribution in [-0.2, 0) is 4.74 Å². The molecule has 116 valence electrons. The summed E-state index contributed by atoms with van der Waals surface area (Å²) in [5, 5.41) is 3.38. The van der Waals surface area contributed by atoms with Crippen molar-refractivity contribution >= 4 is 5.69 Å². The molecule has 2 atom stereocenters. The number of nitrogens with one attached hydrogen (secondary N) is 1. The molecule has 3 rings (SSSR count). The van der Waals surface area contributed by atoms with Gasteiger partial charge in [0.05, 0.1) is 0 Å². The third-order valence-corrected chi connectivity index (χ3v) is 5.11. The highest BCUT2D eigenvalue weighted by Crippen LogP contribution is 2.39. The van der Waals surface area contributed by atoms with E-state index in [0.29, 0.717) is 12.0 Å². The van der Waals surface area contributed by atoms with Gasteiger partial charge in [0.1, 0.15) is 0 Å². The van der Waals surface area contributed by atoms with Gasteiger partial charge >= 0.3 is 0 Å². The van der Waals surface area contributed by atoms with E-state index in [-0.39, 0.29) is 0 Å². The normalized spacial score (nSPS) is 24.1. The molecule has 1 saturated heterocycles. The Morgan fingerprint density at radius 3 is 2.81 bits per heavy atom. The quantitative estimate of drug-likeness (QED) is 0.901. The van der Waals surface area contributed by atoms with E-state index < -0.39 is 0 Å². The first-order valence-corrected chi connectivity index (χ1v) is 8.36. The number of benzene rings is 1. The smallest absolute Gasteiger partial charge is 0.0469 e. The molecule has 2 heterocycles. The fourth-order valence-electron chi connectivity index (χ4n) is 3.74. The first-order chi connectivity index (χ1) is 10.3. The second-order valence-electron chi connectivity index (χ2n) is 6.64. The maximum Gasteiger partial charge on any atom is 0.0469 e. The highest BCUT2D eigenvalue weighted by Gasteiger charge is 2.30. The van der Waals surface area contributed by atoms with Crippen LogP contribution in [0.4, 0.5) is 5.69 Å². The molecule has 0 spiro atoms. The Kier molecular flexibility index (Phi) is 4.81. The zero-order chi connectivity index (χ0) is 14.7. The summed E-state index contributed by atoms with van der Waals surface area (Å²) in [6, 6.07) is 9.57. The Bertz CT molecular complexity index is 456. The maximum absolute atomic E-state index is 5.50. The van der Waals surface area contributed by atoms with Gasteiger partial charge in [-0.25, -0.2) is 0 Å². The molecule has 3 heteroatoms. The van der Waals surface area contributed by atoms with E-state index in [1.807, 2.05) is 0 Å². The van der Waals surface area contributed by atoms with Crippen LogP contribution in [0.1, 0.15) is 37.7 Å². The number of rotatable bonds is 5. The van der Waals surface area contributed by atoms with Gasteiger partial charge in [0.2, 0.25) is 0 Å². The van der Waals surface area contributed by atoms with Gasteiger partial charge < -0.3 is 15.0 Å². The van der Waals surface area contributed by atoms with Gasteiger partial charge in [-0.3, -0.25) is 0 Å². The summed E-state index contributed by atoms with van der Waals surface area (Å²) in [5.74, 6) is 1.47. The van der Waals surface area contributed by atoms with Gasteiger partial charge in [0, 0.05) is 44.0 Å². The van der Waals surface area contributed by atoms with E-state index in [1.165, 1.54) is 38.0 Å². The number of hydrogen-bond acceptors (Lipinski definition) is 3. The molecule has 0 amide bonds. The minimum absolute atomic E-state index is 0.575. The maximum atomic E-state index is 5.50. The predicted molar refractivity (Wildman–Crippen MR) is 88.1 cm³/mol. The van der Waals surface area contributed by atoms with Crippen molar-refractivity contribution in [3.63, 3.8) is 0 Å². The molecule has 0 aromatic heterocycles. The number of ether oxygens (including phenoxy) is 1. The molecule has 2 aliphatic rings. The van der Waals surface area contributed by atoms with Crippen LogP contribution in [0.3, 0.4) is 0 Å². The molecular formula is C18H28N2O. The zero-order valence-corrected chi connectivity index (χ0v) is 13.3. The fraction of sp³-hybridized carbons (Fsp3) is 0.667. The van der Waals surface area contributed by atoms with Crippen molar-refractivity contribution < 1.29 is 4.74 Å². The lowest BCUT2D eigenvalue weighted by Crippen LogP contribution is -2.32. The number of nitrogens with zero attached hydrogens (tertiary/aromatic N) is 1. The van der Waals surface area contributed by atoms with Crippen molar-refractivity contribution in [1.82, 2.24) is 5.32 Å². The van der Waals surface area contributed by atoms with E-state index in [9.17, 15) is 0 Å². The number of hydrogen-bond donors (Lipinski definition) is 1. The van der Waals surface area contributed by atoms with Crippen LogP contribution in [0.25, 0.3) is 0 Å². The molecule has 3 nitrogen and oxygen atoms in total. The van der Waals surface area contributed by atoms with E-state index in [4.69, 9.17) is 4.74 Å². The zero-order valence-electron chi connectivity index (χ0n) is 13.3. The average Bonchev–Trinajstić information content (AvgIpc) is 2.86. The van der Waals surface area contributed by atoms with Crippen LogP contribution in [0, 0.1) is 5.92 Å². The summed E-state index contributed by atoms with van der Waals surface area (Å²) in [6.07, 6.45) is 3.66. The molecule has 0 radical (unpaired) electrons. The van der Waals surface area contributed by atoms with Crippen LogP contribution in [0.2, 0.25) is 0 Å². The molecule has 0 saturated carbocycles. The van der Waals surface area contributed by atoms with Crippen molar-refractivity contribution in [2.75, 3.05) is 38.3 Å². The van der Waals surface area contributed by atoms with Crippen LogP contribution in [-0.4, -0.2) is 39.4 Å². The Hall–Kier alpha value is -1.06. The van der Waals surface area contributed by atoms with Crippen LogP contribution in [0.15, 0.2) is 24.3 Å². The SMILES string of the molecule is CNC(C)CC1CN(CC2CCOCC2)c2ccccc21. The largest absolute Gasteiger partial charge is 0.381 e. The van der Waals surface area contributed by atoms with Crippen molar-refractivity contribution in [1.29, 1.82) is 0 Å². The first-order valence-electron chi connectivity index (χ1n) is 8.36. The molecule has 2 aliphatic heterocycles. The average molecular weight is 288 g/mol. The summed E-state index contributed by atoms with van der Waals surface area (Å²) in [6.45, 7) is 6.55.